The van der Waals surface area contributed by atoms with E-state index in [-0.39, 0.29) is 36.4 Å². The van der Waals surface area contributed by atoms with E-state index in [2.05, 4.69) is 24.5 Å². The standard InChI is InChI=1S/C17H24N4O2.ClH/c1-12-13(2)20(10-8-18-12)16(22)14-5-3-6-15(11-14)21-9-4-7-19-17(21)23;/h3,5-6,11-13,18H,4,7-10H2,1-2H3,(H,19,23);1H. The van der Waals surface area contributed by atoms with Crippen molar-refractivity contribution in [3.8, 4) is 0 Å². The van der Waals surface area contributed by atoms with Crippen LogP contribution in [0.15, 0.2) is 24.3 Å². The van der Waals surface area contributed by atoms with Gasteiger partial charge in [0.1, 0.15) is 0 Å². The van der Waals surface area contributed by atoms with E-state index in [0.29, 0.717) is 25.2 Å². The quantitative estimate of drug-likeness (QED) is 0.853. The van der Waals surface area contributed by atoms with Gasteiger partial charge in [-0.05, 0) is 38.5 Å². The van der Waals surface area contributed by atoms with Gasteiger partial charge in [0.05, 0.1) is 0 Å². The van der Waals surface area contributed by atoms with Crippen LogP contribution >= 0.6 is 12.4 Å². The van der Waals surface area contributed by atoms with Crippen LogP contribution in [-0.2, 0) is 0 Å². The van der Waals surface area contributed by atoms with E-state index in [1.54, 1.807) is 4.90 Å². The van der Waals surface area contributed by atoms with Gasteiger partial charge in [-0.3, -0.25) is 9.69 Å². The Balaban J connectivity index is 0.00000208. The maximum atomic E-state index is 12.9. The normalized spacial score (nSPS) is 24.2. The van der Waals surface area contributed by atoms with Crippen molar-refractivity contribution < 1.29 is 9.59 Å². The minimum Gasteiger partial charge on any atom is -0.338 e. The number of halogens is 1. The lowest BCUT2D eigenvalue weighted by Crippen LogP contribution is -2.57. The Kier molecular flexibility index (Phi) is 6.07. The largest absolute Gasteiger partial charge is 0.338 e. The van der Waals surface area contributed by atoms with Crippen molar-refractivity contribution in [2.75, 3.05) is 31.1 Å². The van der Waals surface area contributed by atoms with E-state index in [1.165, 1.54) is 0 Å². The Morgan fingerprint density at radius 3 is 2.75 bits per heavy atom. The molecule has 2 heterocycles. The highest BCUT2D eigenvalue weighted by Gasteiger charge is 2.29. The van der Waals surface area contributed by atoms with Crippen LogP contribution in [-0.4, -0.2) is 55.1 Å². The number of hydrogen-bond acceptors (Lipinski definition) is 3. The Hall–Kier alpha value is -1.79. The predicted octanol–water partition coefficient (Wildman–Crippen LogP) is 1.85. The van der Waals surface area contributed by atoms with E-state index in [9.17, 15) is 9.59 Å². The van der Waals surface area contributed by atoms with E-state index in [0.717, 1.165) is 18.7 Å². The Morgan fingerprint density at radius 2 is 2.00 bits per heavy atom. The lowest BCUT2D eigenvalue weighted by molar-refractivity contribution is 0.0603. The lowest BCUT2D eigenvalue weighted by Gasteiger charge is -2.38. The molecule has 7 heteroatoms. The zero-order chi connectivity index (χ0) is 16.4. The van der Waals surface area contributed by atoms with Gasteiger partial charge in [0, 0.05) is 49.5 Å². The van der Waals surface area contributed by atoms with Crippen LogP contribution in [0.25, 0.3) is 0 Å². The van der Waals surface area contributed by atoms with E-state index < -0.39 is 0 Å². The molecule has 2 saturated heterocycles. The van der Waals surface area contributed by atoms with Gasteiger partial charge in [0.25, 0.3) is 5.91 Å². The molecule has 0 saturated carbocycles. The predicted molar refractivity (Wildman–Crippen MR) is 97.0 cm³/mol. The van der Waals surface area contributed by atoms with Crippen LogP contribution in [0.5, 0.6) is 0 Å². The Labute approximate surface area is 149 Å². The highest BCUT2D eigenvalue weighted by Crippen LogP contribution is 2.21. The monoisotopic (exact) mass is 352 g/mol. The van der Waals surface area contributed by atoms with Crippen molar-refractivity contribution in [2.24, 2.45) is 0 Å². The number of nitrogens with zero attached hydrogens (tertiary/aromatic N) is 2. The molecule has 0 aliphatic carbocycles. The minimum absolute atomic E-state index is 0. The molecule has 0 bridgehead atoms. The third-order valence-electron chi connectivity index (χ3n) is 4.78. The summed E-state index contributed by atoms with van der Waals surface area (Å²) < 4.78 is 0. The van der Waals surface area contributed by atoms with Crippen molar-refractivity contribution in [3.63, 3.8) is 0 Å². The van der Waals surface area contributed by atoms with Crippen molar-refractivity contribution in [3.05, 3.63) is 29.8 Å². The fourth-order valence-corrected chi connectivity index (χ4v) is 3.19. The maximum Gasteiger partial charge on any atom is 0.321 e. The first-order chi connectivity index (χ1) is 11.1. The molecule has 6 nitrogen and oxygen atoms in total. The van der Waals surface area contributed by atoms with Crippen LogP contribution in [0.1, 0.15) is 30.6 Å². The molecule has 132 valence electrons. The minimum atomic E-state index is -0.0926. The Bertz CT molecular complexity index is 610. The third-order valence-corrected chi connectivity index (χ3v) is 4.78. The first kappa shape index (κ1) is 18.5. The van der Waals surface area contributed by atoms with Crippen molar-refractivity contribution in [1.29, 1.82) is 0 Å². The summed E-state index contributed by atoms with van der Waals surface area (Å²) in [6, 6.07) is 7.72. The molecule has 2 atom stereocenters. The molecule has 1 aromatic carbocycles. The topological polar surface area (TPSA) is 64.7 Å². The number of benzene rings is 1. The number of carbonyl (C=O) groups excluding carboxylic acids is 2. The van der Waals surface area contributed by atoms with Gasteiger partial charge in [-0.25, -0.2) is 4.79 Å². The zero-order valence-corrected chi connectivity index (χ0v) is 14.9. The summed E-state index contributed by atoms with van der Waals surface area (Å²) in [5.74, 6) is 0.0325. The summed E-state index contributed by atoms with van der Waals surface area (Å²) in [6.07, 6.45) is 0.913. The molecular formula is C17H25ClN4O2. The number of nitrogens with one attached hydrogen (secondary N) is 2. The number of hydrogen-bond donors (Lipinski definition) is 2. The molecule has 2 aliphatic heterocycles. The van der Waals surface area contributed by atoms with Gasteiger partial charge in [0.15, 0.2) is 0 Å². The summed E-state index contributed by atoms with van der Waals surface area (Å²) in [5, 5.41) is 6.22. The molecule has 3 rings (SSSR count). The summed E-state index contributed by atoms with van der Waals surface area (Å²) in [7, 11) is 0. The summed E-state index contributed by atoms with van der Waals surface area (Å²) in [6.45, 7) is 7.08. The van der Waals surface area contributed by atoms with Crippen LogP contribution in [0.4, 0.5) is 10.5 Å². The highest BCUT2D eigenvalue weighted by atomic mass is 35.5. The molecule has 3 amide bonds. The van der Waals surface area contributed by atoms with Gasteiger partial charge < -0.3 is 15.5 Å². The summed E-state index contributed by atoms with van der Waals surface area (Å²) in [5.41, 5.74) is 1.42. The second-order valence-electron chi connectivity index (χ2n) is 6.27. The number of carbonyl (C=O) groups is 2. The summed E-state index contributed by atoms with van der Waals surface area (Å²) in [4.78, 5) is 28.4. The van der Waals surface area contributed by atoms with Crippen LogP contribution < -0.4 is 15.5 Å². The maximum absolute atomic E-state index is 12.9. The average Bonchev–Trinajstić information content (AvgIpc) is 2.57. The fraction of sp³-hybridized carbons (Fsp3) is 0.529. The molecule has 0 spiro atoms. The molecule has 0 radical (unpaired) electrons. The number of piperazine rings is 1. The average molecular weight is 353 g/mol. The van der Waals surface area contributed by atoms with E-state index in [1.807, 2.05) is 29.2 Å². The number of anilines is 1. The molecule has 2 unspecified atom stereocenters. The van der Waals surface area contributed by atoms with Gasteiger partial charge in [-0.1, -0.05) is 6.07 Å². The molecular weight excluding hydrogens is 328 g/mol. The number of rotatable bonds is 2. The third kappa shape index (κ3) is 3.65. The second kappa shape index (κ2) is 7.85. The van der Waals surface area contributed by atoms with Crippen molar-refractivity contribution in [1.82, 2.24) is 15.5 Å². The SMILES string of the molecule is CC1NCCN(C(=O)c2cccc(N3CCCNC3=O)c2)C1C.Cl. The van der Waals surface area contributed by atoms with Gasteiger partial charge in [-0.2, -0.15) is 0 Å². The number of urea groups is 1. The van der Waals surface area contributed by atoms with Crippen molar-refractivity contribution in [2.45, 2.75) is 32.4 Å². The smallest absolute Gasteiger partial charge is 0.321 e. The number of amides is 3. The molecule has 2 fully saturated rings. The van der Waals surface area contributed by atoms with E-state index >= 15 is 0 Å². The molecule has 2 aliphatic rings. The molecule has 1 aromatic rings. The second-order valence-corrected chi connectivity index (χ2v) is 6.27. The van der Waals surface area contributed by atoms with Crippen LogP contribution in [0, 0.1) is 0 Å². The van der Waals surface area contributed by atoms with Crippen LogP contribution in [0.2, 0.25) is 0 Å². The molecule has 2 N–H and O–H groups in total. The Morgan fingerprint density at radius 1 is 1.21 bits per heavy atom. The zero-order valence-electron chi connectivity index (χ0n) is 14.1. The van der Waals surface area contributed by atoms with Gasteiger partial charge in [0.2, 0.25) is 0 Å². The van der Waals surface area contributed by atoms with Gasteiger partial charge in [-0.15, -0.1) is 12.4 Å². The lowest BCUT2D eigenvalue weighted by atomic mass is 10.0. The van der Waals surface area contributed by atoms with Crippen molar-refractivity contribution >= 4 is 30.0 Å². The van der Waals surface area contributed by atoms with Crippen LogP contribution in [0.3, 0.4) is 0 Å². The first-order valence-corrected chi connectivity index (χ1v) is 8.27. The van der Waals surface area contributed by atoms with Gasteiger partial charge >= 0.3 is 6.03 Å². The molecule has 0 aromatic heterocycles. The van der Waals surface area contributed by atoms with E-state index in [4.69, 9.17) is 0 Å². The highest BCUT2D eigenvalue weighted by molar-refractivity contribution is 5.98. The first-order valence-electron chi connectivity index (χ1n) is 8.27. The fourth-order valence-electron chi connectivity index (χ4n) is 3.19. The molecule has 24 heavy (non-hydrogen) atoms. The summed E-state index contributed by atoms with van der Waals surface area (Å²) >= 11 is 0.